The molecule has 2 atom stereocenters. The van der Waals surface area contributed by atoms with Crippen molar-refractivity contribution in [1.29, 1.82) is 0 Å². The summed E-state index contributed by atoms with van der Waals surface area (Å²) in [4.78, 5) is 10.5. The Morgan fingerprint density at radius 1 is 0.560 bits per heavy atom. The van der Waals surface area contributed by atoms with Crippen molar-refractivity contribution in [1.82, 2.24) is 14.5 Å². The molecular formula is C46H27N3O. The van der Waals surface area contributed by atoms with Crippen molar-refractivity contribution >= 4 is 54.1 Å². The molecule has 9 aromatic rings. The van der Waals surface area contributed by atoms with Crippen LogP contribution in [-0.4, -0.2) is 20.6 Å². The van der Waals surface area contributed by atoms with E-state index >= 15 is 0 Å². The number of para-hydroxylation sites is 1. The molecule has 11 rings (SSSR count). The Labute approximate surface area is 287 Å². The molecule has 0 N–H and O–H groups in total. The zero-order chi connectivity index (χ0) is 32.8. The van der Waals surface area contributed by atoms with Gasteiger partial charge in [0.05, 0.1) is 22.6 Å². The first-order valence-electron chi connectivity index (χ1n) is 17.0. The minimum Gasteiger partial charge on any atom is -0.474 e. The monoisotopic (exact) mass is 637 g/mol. The molecule has 7 aromatic carbocycles. The topological polar surface area (TPSA) is 39.9 Å². The van der Waals surface area contributed by atoms with Gasteiger partial charge in [-0.25, -0.2) is 9.97 Å². The van der Waals surface area contributed by atoms with Gasteiger partial charge in [-0.3, -0.25) is 4.57 Å². The highest BCUT2D eigenvalue weighted by molar-refractivity contribution is 6.25. The lowest BCUT2D eigenvalue weighted by molar-refractivity contribution is 0.281. The number of hydrogen-bond acceptors (Lipinski definition) is 3. The molecule has 1 aliphatic heterocycles. The first-order valence-corrected chi connectivity index (χ1v) is 17.0. The SMILES string of the molecule is C1#CC2Oc3c(ccc4c5ccccc5n(-c5cc(-c6ccc7c8ccccc8c8ccccc8c7c6)nc(-c6ccccc6)n5)c34)C2C=C1. The average molecular weight is 638 g/mol. The van der Waals surface area contributed by atoms with E-state index in [1.807, 2.05) is 24.3 Å². The van der Waals surface area contributed by atoms with Crippen molar-refractivity contribution in [2.24, 2.45) is 0 Å². The number of aromatic nitrogens is 3. The quantitative estimate of drug-likeness (QED) is 0.143. The van der Waals surface area contributed by atoms with Crippen LogP contribution in [0.5, 0.6) is 5.75 Å². The molecule has 4 nitrogen and oxygen atoms in total. The molecule has 232 valence electrons. The van der Waals surface area contributed by atoms with Gasteiger partial charge in [0, 0.05) is 33.5 Å². The largest absolute Gasteiger partial charge is 0.474 e. The Bertz CT molecular complexity index is 2950. The van der Waals surface area contributed by atoms with Gasteiger partial charge < -0.3 is 4.74 Å². The minimum atomic E-state index is -0.198. The summed E-state index contributed by atoms with van der Waals surface area (Å²) >= 11 is 0. The van der Waals surface area contributed by atoms with Crippen LogP contribution < -0.4 is 4.74 Å². The summed E-state index contributed by atoms with van der Waals surface area (Å²) in [6.45, 7) is 0. The maximum Gasteiger partial charge on any atom is 0.170 e. The van der Waals surface area contributed by atoms with Gasteiger partial charge in [0.25, 0.3) is 0 Å². The summed E-state index contributed by atoms with van der Waals surface area (Å²) in [6, 6.07) is 49.5. The number of allylic oxidation sites excluding steroid dienone is 1. The molecule has 2 aliphatic rings. The van der Waals surface area contributed by atoms with Crippen molar-refractivity contribution in [2.45, 2.75) is 12.0 Å². The van der Waals surface area contributed by atoms with Gasteiger partial charge in [0.15, 0.2) is 11.9 Å². The van der Waals surface area contributed by atoms with Crippen LogP contribution in [0.4, 0.5) is 0 Å². The second-order valence-corrected chi connectivity index (χ2v) is 13.1. The van der Waals surface area contributed by atoms with Crippen LogP contribution in [0.3, 0.4) is 0 Å². The summed E-state index contributed by atoms with van der Waals surface area (Å²) in [5, 5.41) is 9.71. The second-order valence-electron chi connectivity index (χ2n) is 13.1. The highest BCUT2D eigenvalue weighted by Crippen LogP contribution is 2.48. The first kappa shape index (κ1) is 27.3. The zero-order valence-electron chi connectivity index (χ0n) is 26.8. The fraction of sp³-hybridized carbons (Fsp3) is 0.0435. The van der Waals surface area contributed by atoms with E-state index in [0.717, 1.165) is 55.8 Å². The van der Waals surface area contributed by atoms with E-state index in [2.05, 4.69) is 144 Å². The zero-order valence-corrected chi connectivity index (χ0v) is 26.8. The predicted octanol–water partition coefficient (Wildman–Crippen LogP) is 10.8. The van der Waals surface area contributed by atoms with Crippen molar-refractivity contribution in [3.05, 3.63) is 157 Å². The molecule has 0 bridgehead atoms. The standard InChI is InChI=1S/C46H27N3O/c1-2-12-28(13-3-1)46-47-40(29-22-23-34-32-16-5-4-14-30(32)31-15-6-7-17-33(31)39(34)26-29)27-43(48-46)49-41-20-10-8-18-35(41)37-24-25-38-36-19-9-11-21-42(36)50-45(38)44(37)49/h1-10,12-20,22-27,36,42H. The smallest absolute Gasteiger partial charge is 0.170 e. The van der Waals surface area contributed by atoms with E-state index in [-0.39, 0.29) is 12.0 Å². The van der Waals surface area contributed by atoms with Crippen molar-refractivity contribution in [3.63, 3.8) is 0 Å². The number of fused-ring (bicyclic) bond motifs is 13. The average Bonchev–Trinajstić information content (AvgIpc) is 3.74. The number of hydrogen-bond donors (Lipinski definition) is 0. The number of rotatable bonds is 3. The molecule has 3 heterocycles. The number of benzene rings is 7. The third-order valence-corrected chi connectivity index (χ3v) is 10.4. The maximum atomic E-state index is 6.68. The van der Waals surface area contributed by atoms with Crippen LogP contribution in [0.2, 0.25) is 0 Å². The van der Waals surface area contributed by atoms with E-state index < -0.39 is 0 Å². The van der Waals surface area contributed by atoms with Crippen LogP contribution >= 0.6 is 0 Å². The molecule has 0 spiro atoms. The number of nitrogens with zero attached hydrogens (tertiary/aromatic N) is 3. The summed E-state index contributed by atoms with van der Waals surface area (Å²) < 4.78 is 8.94. The highest BCUT2D eigenvalue weighted by atomic mass is 16.5. The van der Waals surface area contributed by atoms with Gasteiger partial charge >= 0.3 is 0 Å². The Morgan fingerprint density at radius 2 is 1.22 bits per heavy atom. The molecule has 0 fully saturated rings. The van der Waals surface area contributed by atoms with Crippen LogP contribution in [-0.2, 0) is 0 Å². The summed E-state index contributed by atoms with van der Waals surface area (Å²) in [5.41, 5.74) is 6.08. The molecule has 2 aromatic heterocycles. The lowest BCUT2D eigenvalue weighted by atomic mass is 9.92. The normalized spacial score (nSPS) is 16.1. The molecule has 4 heteroatoms. The van der Waals surface area contributed by atoms with Crippen molar-refractivity contribution < 1.29 is 4.74 Å². The van der Waals surface area contributed by atoms with E-state index in [1.54, 1.807) is 0 Å². The van der Waals surface area contributed by atoms with Gasteiger partial charge in [-0.1, -0.05) is 139 Å². The fourth-order valence-electron chi connectivity index (χ4n) is 8.12. The van der Waals surface area contributed by atoms with E-state index in [0.29, 0.717) is 5.82 Å². The fourth-order valence-corrected chi connectivity index (χ4v) is 8.12. The summed E-state index contributed by atoms with van der Waals surface area (Å²) in [6.07, 6.45) is 3.91. The molecule has 1 aliphatic carbocycles. The highest BCUT2D eigenvalue weighted by Gasteiger charge is 2.35. The Hall–Kier alpha value is -6.70. The second kappa shape index (κ2) is 10.4. The molecule has 0 saturated carbocycles. The van der Waals surface area contributed by atoms with Gasteiger partial charge in [-0.2, -0.15) is 0 Å². The predicted molar refractivity (Wildman–Crippen MR) is 204 cm³/mol. The van der Waals surface area contributed by atoms with Crippen LogP contribution in [0.25, 0.3) is 82.6 Å². The minimum absolute atomic E-state index is 0.103. The van der Waals surface area contributed by atoms with Crippen LogP contribution in [0.1, 0.15) is 11.5 Å². The maximum absolute atomic E-state index is 6.68. The molecular weight excluding hydrogens is 611 g/mol. The van der Waals surface area contributed by atoms with E-state index in [9.17, 15) is 0 Å². The lowest BCUT2D eigenvalue weighted by Crippen LogP contribution is -2.16. The molecule has 0 amide bonds. The summed E-state index contributed by atoms with van der Waals surface area (Å²) in [5.74, 6) is 8.84. The van der Waals surface area contributed by atoms with Gasteiger partial charge in [-0.15, -0.1) is 0 Å². The molecule has 50 heavy (non-hydrogen) atoms. The Morgan fingerprint density at radius 3 is 2.00 bits per heavy atom. The van der Waals surface area contributed by atoms with Crippen molar-refractivity contribution in [3.8, 4) is 46.1 Å². The van der Waals surface area contributed by atoms with Crippen LogP contribution in [0, 0.1) is 11.8 Å². The third-order valence-electron chi connectivity index (χ3n) is 10.4. The van der Waals surface area contributed by atoms with Gasteiger partial charge in [0.1, 0.15) is 11.6 Å². The van der Waals surface area contributed by atoms with Crippen molar-refractivity contribution in [2.75, 3.05) is 0 Å². The molecule has 0 saturated heterocycles. The third kappa shape index (κ3) is 3.89. The van der Waals surface area contributed by atoms with Crippen LogP contribution in [0.15, 0.2) is 152 Å². The molecule has 2 unspecified atom stereocenters. The Kier molecular flexibility index (Phi) is 5.67. The Balaban J connectivity index is 1.21. The number of ether oxygens (including phenoxy) is 1. The summed E-state index contributed by atoms with van der Waals surface area (Å²) in [7, 11) is 0. The van der Waals surface area contributed by atoms with Gasteiger partial charge in [0.2, 0.25) is 0 Å². The lowest BCUT2D eigenvalue weighted by Gasteiger charge is -2.15. The molecule has 0 radical (unpaired) electrons. The van der Waals surface area contributed by atoms with E-state index in [1.165, 1.54) is 32.3 Å². The van der Waals surface area contributed by atoms with Gasteiger partial charge in [-0.05, 0) is 50.5 Å². The first-order chi connectivity index (χ1) is 24.8. The van der Waals surface area contributed by atoms with E-state index in [4.69, 9.17) is 14.7 Å².